The number of phenols is 1. The summed E-state index contributed by atoms with van der Waals surface area (Å²) in [6, 6.07) is 7.91. The van der Waals surface area contributed by atoms with Crippen LogP contribution in [0.25, 0.3) is 0 Å². The molecule has 92 valence electrons. The van der Waals surface area contributed by atoms with E-state index in [1.54, 1.807) is 12.1 Å². The van der Waals surface area contributed by atoms with Crippen LogP contribution in [0.15, 0.2) is 24.3 Å². The Balaban J connectivity index is 1.90. The molecule has 2 fully saturated rings. The SMILES string of the molecule is NC1(C(c2ccc(O)cc2)N2CCCC2)CC1. The highest BCUT2D eigenvalue weighted by Crippen LogP contribution is 2.47. The van der Waals surface area contributed by atoms with Crippen molar-refractivity contribution >= 4 is 0 Å². The first-order chi connectivity index (χ1) is 8.19. The van der Waals surface area contributed by atoms with Gasteiger partial charge in [0.05, 0.1) is 6.04 Å². The number of hydrogen-bond donors (Lipinski definition) is 2. The monoisotopic (exact) mass is 232 g/mol. The van der Waals surface area contributed by atoms with Gasteiger partial charge in [0, 0.05) is 5.54 Å². The highest BCUT2D eigenvalue weighted by Gasteiger charge is 2.49. The van der Waals surface area contributed by atoms with E-state index in [-0.39, 0.29) is 5.54 Å². The van der Waals surface area contributed by atoms with E-state index in [4.69, 9.17) is 5.73 Å². The molecule has 1 aromatic rings. The number of aromatic hydroxyl groups is 1. The predicted molar refractivity (Wildman–Crippen MR) is 67.8 cm³/mol. The highest BCUT2D eigenvalue weighted by molar-refractivity contribution is 5.32. The minimum Gasteiger partial charge on any atom is -0.508 e. The highest BCUT2D eigenvalue weighted by atomic mass is 16.3. The fraction of sp³-hybridized carbons (Fsp3) is 0.571. The second-order valence-electron chi connectivity index (χ2n) is 5.47. The Morgan fingerprint density at radius 2 is 1.71 bits per heavy atom. The van der Waals surface area contributed by atoms with Gasteiger partial charge in [-0.2, -0.15) is 0 Å². The summed E-state index contributed by atoms with van der Waals surface area (Å²) in [5.41, 5.74) is 7.66. The average molecular weight is 232 g/mol. The quantitative estimate of drug-likeness (QED) is 0.838. The largest absolute Gasteiger partial charge is 0.508 e. The number of benzene rings is 1. The third-order valence-electron chi connectivity index (χ3n) is 4.09. The van der Waals surface area contributed by atoms with Gasteiger partial charge in [0.25, 0.3) is 0 Å². The molecule has 0 radical (unpaired) electrons. The van der Waals surface area contributed by atoms with Crippen molar-refractivity contribution in [3.05, 3.63) is 29.8 Å². The van der Waals surface area contributed by atoms with Crippen molar-refractivity contribution in [1.82, 2.24) is 4.90 Å². The van der Waals surface area contributed by atoms with Crippen LogP contribution in [-0.2, 0) is 0 Å². The van der Waals surface area contributed by atoms with Gasteiger partial charge >= 0.3 is 0 Å². The maximum atomic E-state index is 9.38. The van der Waals surface area contributed by atoms with Gasteiger partial charge in [-0.05, 0) is 56.5 Å². The number of likely N-dealkylation sites (tertiary alicyclic amines) is 1. The average Bonchev–Trinajstić information content (AvgIpc) is 2.85. The third-order valence-corrected chi connectivity index (χ3v) is 4.09. The molecule has 1 aromatic carbocycles. The van der Waals surface area contributed by atoms with Gasteiger partial charge in [-0.15, -0.1) is 0 Å². The van der Waals surface area contributed by atoms with Gasteiger partial charge in [0.2, 0.25) is 0 Å². The molecule has 1 atom stereocenters. The molecule has 1 aliphatic carbocycles. The summed E-state index contributed by atoms with van der Waals surface area (Å²) in [6.07, 6.45) is 4.80. The molecule has 1 aliphatic heterocycles. The fourth-order valence-electron chi connectivity index (χ4n) is 2.98. The van der Waals surface area contributed by atoms with Crippen LogP contribution in [0.2, 0.25) is 0 Å². The van der Waals surface area contributed by atoms with Crippen molar-refractivity contribution in [2.24, 2.45) is 5.73 Å². The van der Waals surface area contributed by atoms with Crippen molar-refractivity contribution < 1.29 is 5.11 Å². The Morgan fingerprint density at radius 3 is 2.24 bits per heavy atom. The Hall–Kier alpha value is -1.06. The van der Waals surface area contributed by atoms with E-state index >= 15 is 0 Å². The fourth-order valence-corrected chi connectivity index (χ4v) is 2.98. The molecule has 1 unspecified atom stereocenters. The Labute approximate surface area is 102 Å². The molecule has 3 rings (SSSR count). The number of hydrogen-bond acceptors (Lipinski definition) is 3. The topological polar surface area (TPSA) is 49.5 Å². The molecular weight excluding hydrogens is 212 g/mol. The Bertz CT molecular complexity index is 391. The first kappa shape index (κ1) is 11.1. The lowest BCUT2D eigenvalue weighted by Crippen LogP contribution is -2.41. The van der Waals surface area contributed by atoms with Crippen LogP contribution in [0.5, 0.6) is 5.75 Å². The van der Waals surface area contributed by atoms with Crippen LogP contribution in [0.4, 0.5) is 0 Å². The normalized spacial score (nSPS) is 24.8. The van der Waals surface area contributed by atoms with E-state index in [1.165, 1.54) is 18.4 Å². The van der Waals surface area contributed by atoms with Crippen LogP contribution in [0.3, 0.4) is 0 Å². The van der Waals surface area contributed by atoms with Crippen molar-refractivity contribution in [2.45, 2.75) is 37.3 Å². The summed E-state index contributed by atoms with van der Waals surface area (Å²) in [7, 11) is 0. The van der Waals surface area contributed by atoms with Crippen LogP contribution in [-0.4, -0.2) is 28.6 Å². The van der Waals surface area contributed by atoms with E-state index < -0.39 is 0 Å². The van der Waals surface area contributed by atoms with Crippen LogP contribution >= 0.6 is 0 Å². The predicted octanol–water partition coefficient (Wildman–Crippen LogP) is 2.02. The first-order valence-corrected chi connectivity index (χ1v) is 6.51. The van der Waals surface area contributed by atoms with E-state index in [0.29, 0.717) is 11.8 Å². The molecule has 1 saturated carbocycles. The maximum Gasteiger partial charge on any atom is 0.115 e. The molecule has 2 aliphatic rings. The summed E-state index contributed by atoms with van der Waals surface area (Å²) in [6.45, 7) is 2.31. The van der Waals surface area contributed by atoms with Crippen LogP contribution in [0.1, 0.15) is 37.3 Å². The number of nitrogens with zero attached hydrogens (tertiary/aromatic N) is 1. The lowest BCUT2D eigenvalue weighted by atomic mass is 9.96. The van der Waals surface area contributed by atoms with E-state index in [0.717, 1.165) is 25.9 Å². The second-order valence-corrected chi connectivity index (χ2v) is 5.47. The van der Waals surface area contributed by atoms with E-state index in [1.807, 2.05) is 12.1 Å². The number of nitrogens with two attached hydrogens (primary N) is 1. The zero-order chi connectivity index (χ0) is 11.9. The van der Waals surface area contributed by atoms with Crippen molar-refractivity contribution in [3.63, 3.8) is 0 Å². The standard InChI is InChI=1S/C14H20N2O/c15-14(7-8-14)13(16-9-1-2-10-16)11-3-5-12(17)6-4-11/h3-6,13,17H,1-2,7-10,15H2. The molecule has 0 aromatic heterocycles. The first-order valence-electron chi connectivity index (χ1n) is 6.51. The Kier molecular flexibility index (Phi) is 2.60. The molecule has 3 N–H and O–H groups in total. The van der Waals surface area contributed by atoms with Gasteiger partial charge in [0.15, 0.2) is 0 Å². The number of phenolic OH excluding ortho intramolecular Hbond substituents is 1. The summed E-state index contributed by atoms with van der Waals surface area (Å²) in [4.78, 5) is 2.51. The van der Waals surface area contributed by atoms with E-state index in [9.17, 15) is 5.11 Å². The third kappa shape index (κ3) is 2.05. The zero-order valence-corrected chi connectivity index (χ0v) is 10.1. The molecule has 0 bridgehead atoms. The summed E-state index contributed by atoms with van der Waals surface area (Å²) >= 11 is 0. The van der Waals surface area contributed by atoms with Crippen molar-refractivity contribution in [3.8, 4) is 5.75 Å². The van der Waals surface area contributed by atoms with Gasteiger partial charge < -0.3 is 10.8 Å². The molecule has 1 heterocycles. The van der Waals surface area contributed by atoms with Crippen molar-refractivity contribution in [1.29, 1.82) is 0 Å². The maximum absolute atomic E-state index is 9.38. The zero-order valence-electron chi connectivity index (χ0n) is 10.1. The lowest BCUT2D eigenvalue weighted by molar-refractivity contribution is 0.202. The van der Waals surface area contributed by atoms with E-state index in [2.05, 4.69) is 4.90 Å². The van der Waals surface area contributed by atoms with Crippen LogP contribution < -0.4 is 5.73 Å². The lowest BCUT2D eigenvalue weighted by Gasteiger charge is -2.33. The molecule has 3 nitrogen and oxygen atoms in total. The molecule has 0 amide bonds. The molecular formula is C14H20N2O. The van der Waals surface area contributed by atoms with Gasteiger partial charge in [-0.25, -0.2) is 0 Å². The molecule has 17 heavy (non-hydrogen) atoms. The molecule has 0 spiro atoms. The van der Waals surface area contributed by atoms with Gasteiger partial charge in [0.1, 0.15) is 5.75 Å². The van der Waals surface area contributed by atoms with Gasteiger partial charge in [-0.1, -0.05) is 12.1 Å². The van der Waals surface area contributed by atoms with Crippen LogP contribution in [0, 0.1) is 0 Å². The Morgan fingerprint density at radius 1 is 1.12 bits per heavy atom. The minimum absolute atomic E-state index is 0.0265. The summed E-state index contributed by atoms with van der Waals surface area (Å²) in [5.74, 6) is 0.329. The summed E-state index contributed by atoms with van der Waals surface area (Å²) in [5, 5.41) is 9.38. The number of rotatable bonds is 3. The molecule has 1 saturated heterocycles. The van der Waals surface area contributed by atoms with Gasteiger partial charge in [-0.3, -0.25) is 4.90 Å². The van der Waals surface area contributed by atoms with Crippen molar-refractivity contribution in [2.75, 3.05) is 13.1 Å². The molecule has 3 heteroatoms. The minimum atomic E-state index is -0.0265. The summed E-state index contributed by atoms with van der Waals surface area (Å²) < 4.78 is 0. The smallest absolute Gasteiger partial charge is 0.115 e. The second kappa shape index (κ2) is 4.00.